The summed E-state index contributed by atoms with van der Waals surface area (Å²) in [7, 11) is 0. The molecule has 0 spiro atoms. The highest BCUT2D eigenvalue weighted by Gasteiger charge is 2.11. The molecule has 0 saturated heterocycles. The fourth-order valence-electron chi connectivity index (χ4n) is 2.13. The van der Waals surface area contributed by atoms with Gasteiger partial charge in [0.05, 0.1) is 8.66 Å². The molecule has 24 heavy (non-hydrogen) atoms. The van der Waals surface area contributed by atoms with Crippen LogP contribution in [0.1, 0.15) is 11.1 Å². The summed E-state index contributed by atoms with van der Waals surface area (Å²) < 4.78 is 10.8. The van der Waals surface area contributed by atoms with Crippen molar-refractivity contribution < 1.29 is 9.53 Å². The highest BCUT2D eigenvalue weighted by Crippen LogP contribution is 2.31. The number of halogens is 1. The lowest BCUT2D eigenvalue weighted by Crippen LogP contribution is -2.20. The fourth-order valence-corrected chi connectivity index (χ4v) is 4.11. The summed E-state index contributed by atoms with van der Waals surface area (Å²) in [6, 6.07) is 9.73. The second-order valence-electron chi connectivity index (χ2n) is 5.19. The van der Waals surface area contributed by atoms with Gasteiger partial charge in [-0.1, -0.05) is 6.07 Å². The smallest absolute Gasteiger partial charge is 0.264 e. The number of aryl methyl sites for hydroxylation is 2. The molecule has 8 heteroatoms. The van der Waals surface area contributed by atoms with Gasteiger partial charge in [-0.2, -0.15) is 9.36 Å². The zero-order valence-corrected chi connectivity index (χ0v) is 16.2. The molecule has 0 saturated carbocycles. The van der Waals surface area contributed by atoms with Crippen LogP contribution in [-0.4, -0.2) is 21.9 Å². The molecule has 5 nitrogen and oxygen atoms in total. The van der Waals surface area contributed by atoms with Gasteiger partial charge in [0.25, 0.3) is 5.91 Å². The Morgan fingerprint density at radius 2 is 2.00 bits per heavy atom. The minimum Gasteiger partial charge on any atom is -0.484 e. The highest BCUT2D eigenvalue weighted by molar-refractivity contribution is 9.11. The number of thiophene rings is 1. The van der Waals surface area contributed by atoms with Crippen LogP contribution in [0.25, 0.3) is 10.7 Å². The van der Waals surface area contributed by atoms with E-state index in [9.17, 15) is 4.79 Å². The molecule has 3 aromatic rings. The number of aromatic nitrogens is 2. The number of hydrogen-bond acceptors (Lipinski definition) is 6. The summed E-state index contributed by atoms with van der Waals surface area (Å²) >= 11 is 6.10. The number of nitrogens with zero attached hydrogens (tertiary/aromatic N) is 2. The van der Waals surface area contributed by atoms with Gasteiger partial charge in [0, 0.05) is 11.5 Å². The molecule has 2 aromatic heterocycles. The average molecular weight is 424 g/mol. The summed E-state index contributed by atoms with van der Waals surface area (Å²) in [6.45, 7) is 3.92. The van der Waals surface area contributed by atoms with E-state index in [0.29, 0.717) is 16.7 Å². The predicted molar refractivity (Wildman–Crippen MR) is 101 cm³/mol. The first-order valence-electron chi connectivity index (χ1n) is 7.10. The number of benzene rings is 1. The third kappa shape index (κ3) is 4.40. The van der Waals surface area contributed by atoms with Crippen LogP contribution < -0.4 is 10.1 Å². The molecule has 0 fully saturated rings. The van der Waals surface area contributed by atoms with Crippen LogP contribution in [-0.2, 0) is 4.79 Å². The van der Waals surface area contributed by atoms with Gasteiger partial charge in [-0.15, -0.1) is 11.3 Å². The third-order valence-corrected chi connectivity index (χ3v) is 5.28. The normalized spacial score (nSPS) is 10.6. The molecule has 0 atom stereocenters. The minimum absolute atomic E-state index is 0.0671. The summed E-state index contributed by atoms with van der Waals surface area (Å²) in [5.74, 6) is 1.04. The van der Waals surface area contributed by atoms with E-state index in [4.69, 9.17) is 4.74 Å². The van der Waals surface area contributed by atoms with Gasteiger partial charge in [0.1, 0.15) is 5.75 Å². The molecule has 2 heterocycles. The Balaban J connectivity index is 1.58. The largest absolute Gasteiger partial charge is 0.484 e. The number of rotatable bonds is 5. The van der Waals surface area contributed by atoms with Gasteiger partial charge in [-0.05, 0) is 65.2 Å². The van der Waals surface area contributed by atoms with Gasteiger partial charge in [-0.25, -0.2) is 0 Å². The first-order valence-corrected chi connectivity index (χ1v) is 9.48. The maximum Gasteiger partial charge on any atom is 0.264 e. The van der Waals surface area contributed by atoms with E-state index in [2.05, 4.69) is 36.7 Å². The molecule has 1 N–H and O–H groups in total. The van der Waals surface area contributed by atoms with Crippen LogP contribution in [0, 0.1) is 13.8 Å². The van der Waals surface area contributed by atoms with Crippen LogP contribution in [0.15, 0.2) is 34.1 Å². The summed E-state index contributed by atoms with van der Waals surface area (Å²) in [6.07, 6.45) is 0. The number of ether oxygens (including phenoxy) is 1. The molecule has 0 aliphatic heterocycles. The lowest BCUT2D eigenvalue weighted by atomic mass is 10.1. The van der Waals surface area contributed by atoms with E-state index in [1.165, 1.54) is 0 Å². The molecular formula is C16H14BrN3O2S2. The molecule has 124 valence electrons. The lowest BCUT2D eigenvalue weighted by Gasteiger charge is -2.07. The number of amides is 1. The molecular weight excluding hydrogens is 410 g/mol. The van der Waals surface area contributed by atoms with Crippen molar-refractivity contribution in [3.05, 3.63) is 45.2 Å². The van der Waals surface area contributed by atoms with Gasteiger partial charge in [0.15, 0.2) is 12.4 Å². The van der Waals surface area contributed by atoms with Crippen molar-refractivity contribution in [1.82, 2.24) is 9.36 Å². The van der Waals surface area contributed by atoms with E-state index < -0.39 is 0 Å². The molecule has 1 amide bonds. The predicted octanol–water partition coefficient (Wildman–Crippen LogP) is 4.66. The van der Waals surface area contributed by atoms with Crippen molar-refractivity contribution in [2.45, 2.75) is 13.8 Å². The third-order valence-electron chi connectivity index (χ3n) is 3.03. The maximum absolute atomic E-state index is 12.0. The summed E-state index contributed by atoms with van der Waals surface area (Å²) in [4.78, 5) is 17.3. The van der Waals surface area contributed by atoms with Crippen LogP contribution in [0.2, 0.25) is 0 Å². The maximum atomic E-state index is 12.0. The zero-order valence-electron chi connectivity index (χ0n) is 13.0. The molecule has 0 bridgehead atoms. The topological polar surface area (TPSA) is 64.1 Å². The van der Waals surface area contributed by atoms with Crippen molar-refractivity contribution in [1.29, 1.82) is 0 Å². The lowest BCUT2D eigenvalue weighted by molar-refractivity contribution is -0.118. The Labute approximate surface area is 156 Å². The highest BCUT2D eigenvalue weighted by atomic mass is 79.9. The van der Waals surface area contributed by atoms with Crippen LogP contribution >= 0.6 is 38.8 Å². The second kappa shape index (κ2) is 7.42. The number of carbonyl (C=O) groups excluding carboxylic acids is 1. The van der Waals surface area contributed by atoms with E-state index in [1.807, 2.05) is 38.1 Å². The van der Waals surface area contributed by atoms with Crippen LogP contribution in [0.4, 0.5) is 5.13 Å². The SMILES string of the molecule is Cc1cc(C)cc(OCC(=O)Nc2nc(-c3ccc(Br)s3)ns2)c1. The van der Waals surface area contributed by atoms with Crippen molar-refractivity contribution in [3.63, 3.8) is 0 Å². The van der Waals surface area contributed by atoms with Crippen molar-refractivity contribution >= 4 is 49.8 Å². The van der Waals surface area contributed by atoms with Gasteiger partial charge in [0.2, 0.25) is 5.13 Å². The van der Waals surface area contributed by atoms with Crippen molar-refractivity contribution in [3.8, 4) is 16.5 Å². The van der Waals surface area contributed by atoms with Gasteiger partial charge >= 0.3 is 0 Å². The molecule has 1 aromatic carbocycles. The fraction of sp³-hybridized carbons (Fsp3) is 0.188. The second-order valence-corrected chi connectivity index (χ2v) is 8.40. The number of carbonyl (C=O) groups is 1. The Morgan fingerprint density at radius 3 is 2.67 bits per heavy atom. The Morgan fingerprint density at radius 1 is 1.25 bits per heavy atom. The molecule has 0 radical (unpaired) electrons. The zero-order chi connectivity index (χ0) is 17.1. The Hall–Kier alpha value is -1.77. The quantitative estimate of drug-likeness (QED) is 0.647. The summed E-state index contributed by atoms with van der Waals surface area (Å²) in [5.41, 5.74) is 2.20. The van der Waals surface area contributed by atoms with Gasteiger partial charge < -0.3 is 4.74 Å². The van der Waals surface area contributed by atoms with Crippen LogP contribution in [0.5, 0.6) is 5.75 Å². The molecule has 0 unspecified atom stereocenters. The molecule has 0 aliphatic carbocycles. The Kier molecular flexibility index (Phi) is 5.27. The first kappa shape index (κ1) is 17.1. The monoisotopic (exact) mass is 423 g/mol. The number of anilines is 1. The van der Waals surface area contributed by atoms with E-state index in [0.717, 1.165) is 31.3 Å². The van der Waals surface area contributed by atoms with E-state index >= 15 is 0 Å². The Bertz CT molecular complexity index is 856. The first-order chi connectivity index (χ1) is 11.5. The number of hydrogen-bond donors (Lipinski definition) is 1. The average Bonchev–Trinajstić information content (AvgIpc) is 3.13. The van der Waals surface area contributed by atoms with E-state index in [1.54, 1.807) is 11.3 Å². The van der Waals surface area contributed by atoms with Gasteiger partial charge in [-0.3, -0.25) is 10.1 Å². The minimum atomic E-state index is -0.260. The number of nitrogens with one attached hydrogen (secondary N) is 1. The van der Waals surface area contributed by atoms with E-state index in [-0.39, 0.29) is 12.5 Å². The standard InChI is InChI=1S/C16H14BrN3O2S2/c1-9-5-10(2)7-11(6-9)22-8-14(21)18-16-19-15(20-24-16)12-3-4-13(17)23-12/h3-7H,8H2,1-2H3,(H,18,19,20,21). The van der Waals surface area contributed by atoms with Crippen molar-refractivity contribution in [2.24, 2.45) is 0 Å². The summed E-state index contributed by atoms with van der Waals surface area (Å²) in [5, 5.41) is 3.17. The van der Waals surface area contributed by atoms with Crippen LogP contribution in [0.3, 0.4) is 0 Å². The van der Waals surface area contributed by atoms with Crippen molar-refractivity contribution in [2.75, 3.05) is 11.9 Å². The molecule has 3 rings (SSSR count). The molecule has 0 aliphatic rings.